The molecule has 25 heavy (non-hydrogen) atoms. The van der Waals surface area contributed by atoms with Crippen molar-refractivity contribution in [3.63, 3.8) is 0 Å². The van der Waals surface area contributed by atoms with Crippen LogP contribution in [0.4, 0.5) is 11.5 Å². The van der Waals surface area contributed by atoms with Crippen LogP contribution in [0.1, 0.15) is 10.5 Å². The first-order chi connectivity index (χ1) is 12.1. The second kappa shape index (κ2) is 7.49. The lowest BCUT2D eigenvalue weighted by Crippen LogP contribution is -2.13. The molecule has 0 radical (unpaired) electrons. The Kier molecular flexibility index (Phi) is 5.15. The lowest BCUT2D eigenvalue weighted by atomic mass is 10.3. The standard InChI is InChI=1S/C16H11BrN4O3S/c17-13-14(19-20-15(13)21(23)24)16(22)18-11-8-4-5-9-12(11)25-10-6-2-1-3-7-10/h1-9H,(H,18,22)(H,19,20). The van der Waals surface area contributed by atoms with E-state index in [1.54, 1.807) is 12.1 Å². The topological polar surface area (TPSA) is 101 Å². The molecular weight excluding hydrogens is 408 g/mol. The van der Waals surface area contributed by atoms with Gasteiger partial charge in [0.05, 0.1) is 5.69 Å². The van der Waals surface area contributed by atoms with Crippen LogP contribution in [0.2, 0.25) is 0 Å². The van der Waals surface area contributed by atoms with E-state index in [-0.39, 0.29) is 16.0 Å². The smallest absolute Gasteiger partial charge is 0.357 e. The van der Waals surface area contributed by atoms with Crippen LogP contribution in [-0.2, 0) is 0 Å². The largest absolute Gasteiger partial charge is 0.358 e. The Morgan fingerprint density at radius 2 is 1.84 bits per heavy atom. The number of halogens is 1. The van der Waals surface area contributed by atoms with Gasteiger partial charge in [0, 0.05) is 9.79 Å². The van der Waals surface area contributed by atoms with E-state index in [9.17, 15) is 14.9 Å². The first-order valence-electron chi connectivity index (χ1n) is 7.08. The van der Waals surface area contributed by atoms with Crippen molar-refractivity contribution in [1.29, 1.82) is 0 Å². The highest BCUT2D eigenvalue weighted by Gasteiger charge is 2.25. The van der Waals surface area contributed by atoms with Gasteiger partial charge in [0.25, 0.3) is 5.91 Å². The number of anilines is 1. The van der Waals surface area contributed by atoms with Crippen molar-refractivity contribution in [2.45, 2.75) is 9.79 Å². The summed E-state index contributed by atoms with van der Waals surface area (Å²) in [6.07, 6.45) is 0. The molecule has 3 rings (SSSR count). The lowest BCUT2D eigenvalue weighted by Gasteiger charge is -2.09. The van der Waals surface area contributed by atoms with Gasteiger partial charge in [-0.2, -0.15) is 0 Å². The van der Waals surface area contributed by atoms with Gasteiger partial charge in [-0.3, -0.25) is 4.79 Å². The van der Waals surface area contributed by atoms with Crippen LogP contribution in [0.5, 0.6) is 0 Å². The molecule has 0 saturated heterocycles. The van der Waals surface area contributed by atoms with Gasteiger partial charge in [-0.15, -0.1) is 5.10 Å². The van der Waals surface area contributed by atoms with Gasteiger partial charge in [0.1, 0.15) is 4.47 Å². The van der Waals surface area contributed by atoms with Gasteiger partial charge >= 0.3 is 5.82 Å². The molecule has 1 heterocycles. The summed E-state index contributed by atoms with van der Waals surface area (Å²) in [6, 6.07) is 17.1. The molecule has 126 valence electrons. The number of hydrogen-bond acceptors (Lipinski definition) is 5. The number of H-pyrrole nitrogens is 1. The maximum absolute atomic E-state index is 12.4. The highest BCUT2D eigenvalue weighted by atomic mass is 79.9. The van der Waals surface area contributed by atoms with E-state index in [1.807, 2.05) is 42.5 Å². The minimum Gasteiger partial charge on any atom is -0.358 e. The summed E-state index contributed by atoms with van der Waals surface area (Å²) in [6.45, 7) is 0. The quantitative estimate of drug-likeness (QED) is 0.469. The Hall–Kier alpha value is -2.65. The third kappa shape index (κ3) is 3.89. The summed E-state index contributed by atoms with van der Waals surface area (Å²) in [7, 11) is 0. The van der Waals surface area contributed by atoms with Crippen LogP contribution in [0.15, 0.2) is 68.9 Å². The van der Waals surface area contributed by atoms with Gasteiger partial charge in [0.15, 0.2) is 5.69 Å². The Balaban J connectivity index is 1.84. The van der Waals surface area contributed by atoms with E-state index >= 15 is 0 Å². The van der Waals surface area contributed by atoms with Crippen LogP contribution in [0, 0.1) is 10.1 Å². The summed E-state index contributed by atoms with van der Waals surface area (Å²) in [5.74, 6) is -0.908. The monoisotopic (exact) mass is 418 g/mol. The molecule has 0 atom stereocenters. The Morgan fingerprint density at radius 3 is 2.52 bits per heavy atom. The second-order valence-electron chi connectivity index (χ2n) is 4.86. The summed E-state index contributed by atoms with van der Waals surface area (Å²) < 4.78 is 0.0168. The number of nitrogens with zero attached hydrogens (tertiary/aromatic N) is 2. The van der Waals surface area contributed by atoms with E-state index in [0.29, 0.717) is 5.69 Å². The number of amides is 1. The lowest BCUT2D eigenvalue weighted by molar-refractivity contribution is -0.390. The van der Waals surface area contributed by atoms with E-state index in [0.717, 1.165) is 9.79 Å². The zero-order chi connectivity index (χ0) is 17.8. The molecule has 7 nitrogen and oxygen atoms in total. The molecular formula is C16H11BrN4O3S. The number of aromatic amines is 1. The molecule has 0 aliphatic heterocycles. The van der Waals surface area contributed by atoms with Crippen molar-refractivity contribution in [2.75, 3.05) is 5.32 Å². The molecule has 0 aliphatic carbocycles. The average Bonchev–Trinajstić information content (AvgIpc) is 2.99. The van der Waals surface area contributed by atoms with Gasteiger partial charge in [-0.05, 0) is 45.1 Å². The molecule has 0 aliphatic rings. The molecule has 2 N–H and O–H groups in total. The summed E-state index contributed by atoms with van der Waals surface area (Å²) in [5.41, 5.74) is 0.519. The molecule has 0 unspecified atom stereocenters. The van der Waals surface area contributed by atoms with E-state index < -0.39 is 10.8 Å². The number of hydrogen-bond donors (Lipinski definition) is 2. The highest BCUT2D eigenvalue weighted by molar-refractivity contribution is 9.10. The molecule has 0 bridgehead atoms. The number of benzene rings is 2. The molecule has 3 aromatic rings. The number of para-hydroxylation sites is 1. The van der Waals surface area contributed by atoms with Crippen molar-refractivity contribution in [1.82, 2.24) is 10.2 Å². The van der Waals surface area contributed by atoms with Crippen LogP contribution in [0.3, 0.4) is 0 Å². The molecule has 0 saturated carbocycles. The normalized spacial score (nSPS) is 10.4. The second-order valence-corrected chi connectivity index (χ2v) is 6.77. The Labute approximate surface area is 155 Å². The first kappa shape index (κ1) is 17.2. The number of rotatable bonds is 5. The van der Waals surface area contributed by atoms with Crippen molar-refractivity contribution in [2.24, 2.45) is 0 Å². The number of nitro groups is 1. The van der Waals surface area contributed by atoms with Crippen molar-refractivity contribution < 1.29 is 9.72 Å². The zero-order valence-corrected chi connectivity index (χ0v) is 15.0. The molecule has 0 spiro atoms. The minimum absolute atomic E-state index is 0.0168. The predicted octanol–water partition coefficient (Wildman–Crippen LogP) is 4.48. The van der Waals surface area contributed by atoms with E-state index in [2.05, 4.69) is 31.4 Å². The summed E-state index contributed by atoms with van der Waals surface area (Å²) >= 11 is 4.54. The van der Waals surface area contributed by atoms with Crippen LogP contribution in [-0.4, -0.2) is 21.0 Å². The summed E-state index contributed by atoms with van der Waals surface area (Å²) in [5, 5.41) is 19.5. The Bertz CT molecular complexity index is 930. The van der Waals surface area contributed by atoms with Gasteiger partial charge in [-0.1, -0.05) is 47.2 Å². The molecule has 0 fully saturated rings. The number of carbonyl (C=O) groups is 1. The fraction of sp³-hybridized carbons (Fsp3) is 0. The minimum atomic E-state index is -0.646. The Morgan fingerprint density at radius 1 is 1.16 bits per heavy atom. The molecule has 2 aromatic carbocycles. The van der Waals surface area contributed by atoms with Crippen molar-refractivity contribution >= 4 is 45.1 Å². The van der Waals surface area contributed by atoms with Crippen LogP contribution < -0.4 is 5.32 Å². The zero-order valence-electron chi connectivity index (χ0n) is 12.6. The molecule has 9 heteroatoms. The third-order valence-electron chi connectivity index (χ3n) is 3.19. The molecule has 1 aromatic heterocycles. The number of nitrogens with one attached hydrogen (secondary N) is 2. The fourth-order valence-electron chi connectivity index (χ4n) is 2.05. The highest BCUT2D eigenvalue weighted by Crippen LogP contribution is 2.34. The SMILES string of the molecule is O=C(Nc1ccccc1Sc1ccccc1)c1n[nH]c([N+](=O)[O-])c1Br. The van der Waals surface area contributed by atoms with Gasteiger partial charge in [0.2, 0.25) is 0 Å². The van der Waals surface area contributed by atoms with Crippen LogP contribution >= 0.6 is 27.7 Å². The number of aromatic nitrogens is 2. The first-order valence-corrected chi connectivity index (χ1v) is 8.68. The van der Waals surface area contributed by atoms with Gasteiger partial charge in [-0.25, -0.2) is 0 Å². The maximum Gasteiger partial charge on any atom is 0.357 e. The molecule has 1 amide bonds. The maximum atomic E-state index is 12.4. The fourth-order valence-corrected chi connectivity index (χ4v) is 3.47. The van der Waals surface area contributed by atoms with E-state index in [1.165, 1.54) is 11.8 Å². The number of carbonyl (C=O) groups excluding carboxylic acids is 1. The van der Waals surface area contributed by atoms with Crippen LogP contribution in [0.25, 0.3) is 0 Å². The van der Waals surface area contributed by atoms with Crippen molar-refractivity contribution in [3.05, 3.63) is 74.9 Å². The van der Waals surface area contributed by atoms with Gasteiger partial charge < -0.3 is 15.4 Å². The van der Waals surface area contributed by atoms with E-state index in [4.69, 9.17) is 0 Å². The van der Waals surface area contributed by atoms with Crippen molar-refractivity contribution in [3.8, 4) is 0 Å². The third-order valence-corrected chi connectivity index (χ3v) is 5.03. The predicted molar refractivity (Wildman–Crippen MR) is 97.9 cm³/mol. The summed E-state index contributed by atoms with van der Waals surface area (Å²) in [4.78, 5) is 24.5. The average molecular weight is 419 g/mol.